The molecule has 0 bridgehead atoms. The predicted molar refractivity (Wildman–Crippen MR) is 104 cm³/mol. The van der Waals surface area contributed by atoms with Crippen LogP contribution in [0.4, 0.5) is 0 Å². The Kier molecular flexibility index (Phi) is 5.06. The third-order valence-electron chi connectivity index (χ3n) is 5.16. The number of rotatable bonds is 4. The van der Waals surface area contributed by atoms with Gasteiger partial charge in [-0.2, -0.15) is 4.98 Å². The number of nitrogens with zero attached hydrogens (tertiary/aromatic N) is 4. The minimum Gasteiger partial charge on any atom is -0.341 e. The van der Waals surface area contributed by atoms with Crippen LogP contribution in [-0.4, -0.2) is 38.6 Å². The second-order valence-electron chi connectivity index (χ2n) is 7.19. The van der Waals surface area contributed by atoms with Crippen molar-refractivity contribution in [2.45, 2.75) is 26.3 Å². The Balaban J connectivity index is 1.61. The van der Waals surface area contributed by atoms with Gasteiger partial charge in [-0.15, -0.1) is 0 Å². The van der Waals surface area contributed by atoms with Crippen molar-refractivity contribution in [2.75, 3.05) is 13.1 Å². The minimum absolute atomic E-state index is 0.0353. The molecular weight excluding hydrogens is 356 g/mol. The van der Waals surface area contributed by atoms with Gasteiger partial charge in [0.1, 0.15) is 12.2 Å². The van der Waals surface area contributed by atoms with Gasteiger partial charge in [0, 0.05) is 24.7 Å². The van der Waals surface area contributed by atoms with Crippen LogP contribution in [-0.2, 0) is 11.3 Å². The number of amides is 1. The number of piperidine rings is 1. The van der Waals surface area contributed by atoms with E-state index < -0.39 is 0 Å². The fourth-order valence-corrected chi connectivity index (χ4v) is 3.40. The molecule has 7 heteroatoms. The summed E-state index contributed by atoms with van der Waals surface area (Å²) in [5, 5.41) is 4.01. The molecule has 1 aliphatic heterocycles. The third-order valence-corrected chi connectivity index (χ3v) is 5.16. The number of carbonyl (C=O) groups is 1. The lowest BCUT2D eigenvalue weighted by molar-refractivity contribution is -0.133. The molecular formula is C21H22N4O3. The highest BCUT2D eigenvalue weighted by Gasteiger charge is 2.22. The highest BCUT2D eigenvalue weighted by atomic mass is 16.5. The summed E-state index contributed by atoms with van der Waals surface area (Å²) in [7, 11) is 0. The number of hydrogen-bond acceptors (Lipinski definition) is 5. The van der Waals surface area contributed by atoms with E-state index in [0.29, 0.717) is 17.4 Å². The summed E-state index contributed by atoms with van der Waals surface area (Å²) in [5.41, 5.74) is 0.998. The van der Waals surface area contributed by atoms with Crippen LogP contribution < -0.4 is 5.56 Å². The van der Waals surface area contributed by atoms with Gasteiger partial charge in [0.2, 0.25) is 11.7 Å². The average Bonchev–Trinajstić information content (AvgIpc) is 3.21. The molecule has 0 N–H and O–H groups in total. The fraction of sp³-hybridized carbons (Fsp3) is 0.333. The molecule has 1 amide bonds. The molecule has 0 aliphatic carbocycles. The van der Waals surface area contributed by atoms with Crippen LogP contribution in [0.3, 0.4) is 0 Å². The SMILES string of the molecule is CC1CCN(C(=O)Cn2c(-c3nc(-c4ccccc4)no3)cccc2=O)CC1. The van der Waals surface area contributed by atoms with E-state index in [1.165, 1.54) is 10.6 Å². The first-order valence-electron chi connectivity index (χ1n) is 9.49. The Hall–Kier alpha value is -3.22. The zero-order valence-electron chi connectivity index (χ0n) is 15.7. The topological polar surface area (TPSA) is 81.2 Å². The molecule has 0 unspecified atom stereocenters. The van der Waals surface area contributed by atoms with Gasteiger partial charge >= 0.3 is 0 Å². The lowest BCUT2D eigenvalue weighted by atomic mass is 9.99. The Morgan fingerprint density at radius 1 is 1.11 bits per heavy atom. The monoisotopic (exact) mass is 378 g/mol. The van der Waals surface area contributed by atoms with Gasteiger partial charge in [0.15, 0.2) is 0 Å². The molecule has 1 fully saturated rings. The molecule has 28 heavy (non-hydrogen) atoms. The maximum atomic E-state index is 12.7. The maximum absolute atomic E-state index is 12.7. The Morgan fingerprint density at radius 3 is 2.61 bits per heavy atom. The average molecular weight is 378 g/mol. The quantitative estimate of drug-likeness (QED) is 0.697. The van der Waals surface area contributed by atoms with Gasteiger partial charge in [-0.1, -0.05) is 48.5 Å². The van der Waals surface area contributed by atoms with Gasteiger partial charge in [-0.05, 0) is 24.8 Å². The minimum atomic E-state index is -0.268. The number of likely N-dealkylation sites (tertiary alicyclic amines) is 1. The van der Waals surface area contributed by atoms with Crippen LogP contribution in [0.5, 0.6) is 0 Å². The van der Waals surface area contributed by atoms with Crippen LogP contribution >= 0.6 is 0 Å². The van der Waals surface area contributed by atoms with E-state index in [2.05, 4.69) is 17.1 Å². The number of carbonyl (C=O) groups excluding carboxylic acids is 1. The number of hydrogen-bond donors (Lipinski definition) is 0. The lowest BCUT2D eigenvalue weighted by Gasteiger charge is -2.30. The zero-order chi connectivity index (χ0) is 19.5. The van der Waals surface area contributed by atoms with Crippen molar-refractivity contribution < 1.29 is 9.32 Å². The van der Waals surface area contributed by atoms with Crippen molar-refractivity contribution >= 4 is 5.91 Å². The molecule has 1 aliphatic rings. The second kappa shape index (κ2) is 7.80. The van der Waals surface area contributed by atoms with Gasteiger partial charge in [0.05, 0.1) is 0 Å². The molecule has 0 atom stereocenters. The van der Waals surface area contributed by atoms with Crippen LogP contribution in [0, 0.1) is 5.92 Å². The largest absolute Gasteiger partial charge is 0.341 e. The maximum Gasteiger partial charge on any atom is 0.274 e. The van der Waals surface area contributed by atoms with Crippen molar-refractivity contribution in [1.82, 2.24) is 19.6 Å². The molecule has 0 spiro atoms. The normalized spacial score (nSPS) is 15.0. The van der Waals surface area contributed by atoms with E-state index in [1.54, 1.807) is 12.1 Å². The second-order valence-corrected chi connectivity index (χ2v) is 7.19. The molecule has 3 heterocycles. The highest BCUT2D eigenvalue weighted by Crippen LogP contribution is 2.22. The molecule has 1 aromatic carbocycles. The Morgan fingerprint density at radius 2 is 1.86 bits per heavy atom. The molecule has 3 aromatic rings. The van der Waals surface area contributed by atoms with E-state index in [0.717, 1.165) is 31.5 Å². The summed E-state index contributed by atoms with van der Waals surface area (Å²) in [6, 6.07) is 14.2. The summed E-state index contributed by atoms with van der Waals surface area (Å²) in [5.74, 6) is 1.23. The van der Waals surface area contributed by atoms with Gasteiger partial charge in [0.25, 0.3) is 11.4 Å². The van der Waals surface area contributed by atoms with E-state index in [1.807, 2.05) is 35.2 Å². The highest BCUT2D eigenvalue weighted by molar-refractivity contribution is 5.76. The van der Waals surface area contributed by atoms with Crippen molar-refractivity contribution in [2.24, 2.45) is 5.92 Å². The Bertz CT molecular complexity index is 1020. The zero-order valence-corrected chi connectivity index (χ0v) is 15.7. The number of aromatic nitrogens is 3. The number of benzene rings is 1. The summed E-state index contributed by atoms with van der Waals surface area (Å²) in [6.45, 7) is 3.62. The van der Waals surface area contributed by atoms with E-state index >= 15 is 0 Å². The molecule has 144 valence electrons. The van der Waals surface area contributed by atoms with Crippen molar-refractivity contribution in [3.05, 3.63) is 58.9 Å². The first kappa shape index (κ1) is 18.2. The van der Waals surface area contributed by atoms with Crippen LogP contribution in [0.1, 0.15) is 19.8 Å². The standard InChI is InChI=1S/C21H22N4O3/c1-15-10-12-24(13-11-15)19(27)14-25-17(8-5-9-18(25)26)21-22-20(23-28-21)16-6-3-2-4-7-16/h2-9,15H,10-14H2,1H3. The molecule has 2 aromatic heterocycles. The van der Waals surface area contributed by atoms with Crippen LogP contribution in [0.15, 0.2) is 57.8 Å². The summed E-state index contributed by atoms with van der Waals surface area (Å²) in [6.07, 6.45) is 1.98. The first-order chi connectivity index (χ1) is 13.6. The summed E-state index contributed by atoms with van der Waals surface area (Å²) < 4.78 is 6.80. The molecule has 1 saturated heterocycles. The van der Waals surface area contributed by atoms with Crippen molar-refractivity contribution in [1.29, 1.82) is 0 Å². The fourth-order valence-electron chi connectivity index (χ4n) is 3.40. The molecule has 0 saturated carbocycles. The lowest BCUT2D eigenvalue weighted by Crippen LogP contribution is -2.41. The smallest absolute Gasteiger partial charge is 0.274 e. The predicted octanol–water partition coefficient (Wildman–Crippen LogP) is 2.82. The van der Waals surface area contributed by atoms with Crippen LogP contribution in [0.25, 0.3) is 23.0 Å². The summed E-state index contributed by atoms with van der Waals surface area (Å²) >= 11 is 0. The van der Waals surface area contributed by atoms with Crippen molar-refractivity contribution in [3.8, 4) is 23.0 Å². The van der Waals surface area contributed by atoms with E-state index in [9.17, 15) is 9.59 Å². The molecule has 0 radical (unpaired) electrons. The van der Waals surface area contributed by atoms with Gasteiger partial charge in [-0.25, -0.2) is 0 Å². The first-order valence-corrected chi connectivity index (χ1v) is 9.49. The van der Waals surface area contributed by atoms with E-state index in [4.69, 9.17) is 4.52 Å². The van der Waals surface area contributed by atoms with Crippen molar-refractivity contribution in [3.63, 3.8) is 0 Å². The van der Waals surface area contributed by atoms with Gasteiger partial charge in [-0.3, -0.25) is 14.2 Å². The molecule has 7 nitrogen and oxygen atoms in total. The van der Waals surface area contributed by atoms with Crippen LogP contribution in [0.2, 0.25) is 0 Å². The number of pyridine rings is 1. The Labute approximate surface area is 162 Å². The third kappa shape index (κ3) is 3.74. The summed E-state index contributed by atoms with van der Waals surface area (Å²) in [4.78, 5) is 31.4. The molecule has 4 rings (SSSR count). The van der Waals surface area contributed by atoms with E-state index in [-0.39, 0.29) is 23.9 Å². The van der Waals surface area contributed by atoms with Gasteiger partial charge < -0.3 is 9.42 Å².